The minimum atomic E-state index is -0.731. The summed E-state index contributed by atoms with van der Waals surface area (Å²) >= 11 is 6.06. The molecule has 0 radical (unpaired) electrons. The standard InChI is InChI=1S/C21H16ClF2N5O/c22-16-5-3-4-14(10-16)13-29-21(28-8-1-2-9-28)19(26-27-29)20(30)25-12-15-6-7-17(23)11-18(15)24/h1-11H,12-13H2,(H,25,30). The van der Waals surface area contributed by atoms with Crippen molar-refractivity contribution in [2.24, 2.45) is 0 Å². The van der Waals surface area contributed by atoms with Crippen LogP contribution in [0.25, 0.3) is 5.82 Å². The Balaban J connectivity index is 1.61. The van der Waals surface area contributed by atoms with Gasteiger partial charge in [-0.15, -0.1) is 5.10 Å². The molecule has 2 aromatic heterocycles. The van der Waals surface area contributed by atoms with Gasteiger partial charge in [-0.25, -0.2) is 13.5 Å². The number of nitrogens with zero attached hydrogens (tertiary/aromatic N) is 4. The molecular formula is C21H16ClF2N5O. The van der Waals surface area contributed by atoms with E-state index in [2.05, 4.69) is 15.6 Å². The summed E-state index contributed by atoms with van der Waals surface area (Å²) in [6.07, 6.45) is 3.53. The molecule has 152 valence electrons. The number of hydrogen-bond acceptors (Lipinski definition) is 3. The van der Waals surface area contributed by atoms with Gasteiger partial charge in [0.25, 0.3) is 5.91 Å². The van der Waals surface area contributed by atoms with Gasteiger partial charge in [-0.05, 0) is 35.9 Å². The van der Waals surface area contributed by atoms with Crippen LogP contribution in [-0.4, -0.2) is 25.5 Å². The van der Waals surface area contributed by atoms with Crippen LogP contribution in [-0.2, 0) is 13.1 Å². The molecule has 0 unspecified atom stereocenters. The molecule has 4 aromatic rings. The molecule has 0 saturated carbocycles. The zero-order valence-electron chi connectivity index (χ0n) is 15.6. The Labute approximate surface area is 175 Å². The molecule has 0 atom stereocenters. The highest BCUT2D eigenvalue weighted by atomic mass is 35.5. The highest BCUT2D eigenvalue weighted by Crippen LogP contribution is 2.17. The highest BCUT2D eigenvalue weighted by Gasteiger charge is 2.21. The largest absolute Gasteiger partial charge is 0.346 e. The van der Waals surface area contributed by atoms with E-state index in [1.54, 1.807) is 33.8 Å². The first-order valence-electron chi connectivity index (χ1n) is 9.04. The second-order valence-electron chi connectivity index (χ2n) is 6.56. The van der Waals surface area contributed by atoms with Gasteiger partial charge in [-0.1, -0.05) is 35.0 Å². The lowest BCUT2D eigenvalue weighted by Crippen LogP contribution is -2.25. The minimum Gasteiger partial charge on any atom is -0.346 e. The number of carbonyl (C=O) groups is 1. The van der Waals surface area contributed by atoms with Crippen molar-refractivity contribution in [1.29, 1.82) is 0 Å². The molecule has 0 fully saturated rings. The molecule has 1 N–H and O–H groups in total. The Kier molecular flexibility index (Phi) is 5.58. The Morgan fingerprint density at radius 3 is 2.60 bits per heavy atom. The van der Waals surface area contributed by atoms with Crippen LogP contribution < -0.4 is 5.32 Å². The predicted octanol–water partition coefficient (Wildman–Crippen LogP) is 3.98. The van der Waals surface area contributed by atoms with Crippen molar-refractivity contribution in [2.45, 2.75) is 13.1 Å². The van der Waals surface area contributed by atoms with Crippen LogP contribution in [0, 0.1) is 11.6 Å². The summed E-state index contributed by atoms with van der Waals surface area (Å²) in [5, 5.41) is 11.4. The van der Waals surface area contributed by atoms with Crippen LogP contribution in [0.1, 0.15) is 21.6 Å². The summed E-state index contributed by atoms with van der Waals surface area (Å²) in [5.74, 6) is -1.48. The lowest BCUT2D eigenvalue weighted by molar-refractivity contribution is 0.0945. The van der Waals surface area contributed by atoms with Crippen LogP contribution in [0.4, 0.5) is 8.78 Å². The Hall–Kier alpha value is -3.52. The Bertz CT molecular complexity index is 1190. The molecule has 0 aliphatic rings. The molecule has 4 rings (SSSR count). The number of carbonyl (C=O) groups excluding carboxylic acids is 1. The molecule has 0 aliphatic carbocycles. The fourth-order valence-electron chi connectivity index (χ4n) is 3.03. The van der Waals surface area contributed by atoms with Gasteiger partial charge >= 0.3 is 0 Å². The second-order valence-corrected chi connectivity index (χ2v) is 6.99. The Morgan fingerprint density at radius 1 is 1.07 bits per heavy atom. The maximum absolute atomic E-state index is 13.8. The van der Waals surface area contributed by atoms with E-state index >= 15 is 0 Å². The molecule has 9 heteroatoms. The molecule has 2 heterocycles. The number of benzene rings is 2. The maximum atomic E-state index is 13.8. The summed E-state index contributed by atoms with van der Waals surface area (Å²) in [4.78, 5) is 12.8. The first-order valence-corrected chi connectivity index (χ1v) is 9.42. The van der Waals surface area contributed by atoms with Crippen molar-refractivity contribution in [2.75, 3.05) is 0 Å². The van der Waals surface area contributed by atoms with E-state index < -0.39 is 17.5 Å². The van der Waals surface area contributed by atoms with Crippen LogP contribution >= 0.6 is 11.6 Å². The summed E-state index contributed by atoms with van der Waals surface area (Å²) < 4.78 is 30.2. The van der Waals surface area contributed by atoms with Crippen molar-refractivity contribution >= 4 is 17.5 Å². The van der Waals surface area contributed by atoms with Gasteiger partial charge in [-0.3, -0.25) is 4.79 Å². The highest BCUT2D eigenvalue weighted by molar-refractivity contribution is 6.30. The van der Waals surface area contributed by atoms with Crippen molar-refractivity contribution < 1.29 is 13.6 Å². The molecule has 0 spiro atoms. The van der Waals surface area contributed by atoms with Crippen LogP contribution in [0.15, 0.2) is 67.0 Å². The molecule has 0 aliphatic heterocycles. The average molecular weight is 428 g/mol. The van der Waals surface area contributed by atoms with Gasteiger partial charge < -0.3 is 9.88 Å². The van der Waals surface area contributed by atoms with Gasteiger partial charge in [0.1, 0.15) is 11.6 Å². The van der Waals surface area contributed by atoms with E-state index in [9.17, 15) is 13.6 Å². The number of hydrogen-bond donors (Lipinski definition) is 1. The van der Waals surface area contributed by atoms with Crippen molar-refractivity contribution in [3.63, 3.8) is 0 Å². The lowest BCUT2D eigenvalue weighted by Gasteiger charge is -2.10. The third-order valence-corrected chi connectivity index (χ3v) is 4.68. The first kappa shape index (κ1) is 19.8. The molecule has 2 aromatic carbocycles. The lowest BCUT2D eigenvalue weighted by atomic mass is 10.2. The predicted molar refractivity (Wildman–Crippen MR) is 107 cm³/mol. The normalized spacial score (nSPS) is 10.9. The number of amides is 1. The van der Waals surface area contributed by atoms with Crippen molar-refractivity contribution in [3.8, 4) is 5.82 Å². The average Bonchev–Trinajstić information content (AvgIpc) is 3.37. The number of rotatable bonds is 6. The van der Waals surface area contributed by atoms with E-state index in [-0.39, 0.29) is 17.8 Å². The number of nitrogens with one attached hydrogen (secondary N) is 1. The first-order chi connectivity index (χ1) is 14.5. The monoisotopic (exact) mass is 427 g/mol. The van der Waals surface area contributed by atoms with E-state index in [0.717, 1.165) is 17.7 Å². The third kappa shape index (κ3) is 4.23. The fraction of sp³-hybridized carbons (Fsp3) is 0.0952. The molecule has 30 heavy (non-hydrogen) atoms. The van der Waals surface area contributed by atoms with Crippen LogP contribution in [0.3, 0.4) is 0 Å². The SMILES string of the molecule is O=C(NCc1ccc(F)cc1F)c1nnn(Cc2cccc(Cl)c2)c1-n1cccc1. The quantitative estimate of drug-likeness (QED) is 0.506. The minimum absolute atomic E-state index is 0.0794. The van der Waals surface area contributed by atoms with E-state index in [1.165, 1.54) is 6.07 Å². The second kappa shape index (κ2) is 8.46. The molecule has 6 nitrogen and oxygen atoms in total. The number of aromatic nitrogens is 4. The summed E-state index contributed by atoms with van der Waals surface area (Å²) in [6.45, 7) is 0.234. The van der Waals surface area contributed by atoms with Crippen LogP contribution in [0.5, 0.6) is 0 Å². The van der Waals surface area contributed by atoms with Crippen molar-refractivity contribution in [3.05, 3.63) is 100 Å². The zero-order chi connectivity index (χ0) is 21.1. The van der Waals surface area contributed by atoms with Gasteiger partial charge in [0.05, 0.1) is 6.54 Å². The van der Waals surface area contributed by atoms with Crippen molar-refractivity contribution in [1.82, 2.24) is 24.9 Å². The van der Waals surface area contributed by atoms with Gasteiger partial charge in [0.2, 0.25) is 0 Å². The Morgan fingerprint density at radius 2 is 1.87 bits per heavy atom. The summed E-state index contributed by atoms with van der Waals surface area (Å²) in [7, 11) is 0. The third-order valence-electron chi connectivity index (χ3n) is 4.45. The molecule has 0 saturated heterocycles. The van der Waals surface area contributed by atoms with Gasteiger partial charge in [0, 0.05) is 35.6 Å². The summed E-state index contributed by atoms with van der Waals surface area (Å²) in [6, 6.07) is 14.1. The number of halogens is 3. The van der Waals surface area contributed by atoms with E-state index in [1.807, 2.05) is 24.3 Å². The smallest absolute Gasteiger partial charge is 0.276 e. The zero-order valence-corrected chi connectivity index (χ0v) is 16.4. The molecule has 1 amide bonds. The van der Waals surface area contributed by atoms with E-state index in [4.69, 9.17) is 11.6 Å². The topological polar surface area (TPSA) is 64.7 Å². The summed E-state index contributed by atoms with van der Waals surface area (Å²) in [5.41, 5.74) is 1.13. The van der Waals surface area contributed by atoms with Gasteiger partial charge in [0.15, 0.2) is 11.5 Å². The van der Waals surface area contributed by atoms with Crippen LogP contribution in [0.2, 0.25) is 5.02 Å². The molecule has 0 bridgehead atoms. The van der Waals surface area contributed by atoms with E-state index in [0.29, 0.717) is 17.4 Å². The van der Waals surface area contributed by atoms with Gasteiger partial charge in [-0.2, -0.15) is 0 Å². The maximum Gasteiger partial charge on any atom is 0.276 e. The fourth-order valence-corrected chi connectivity index (χ4v) is 3.24. The molecular weight excluding hydrogens is 412 g/mol.